The zero-order valence-electron chi connectivity index (χ0n) is 7.87. The van der Waals surface area contributed by atoms with E-state index in [1.54, 1.807) is 0 Å². The van der Waals surface area contributed by atoms with E-state index in [1.807, 2.05) is 26.0 Å². The summed E-state index contributed by atoms with van der Waals surface area (Å²) in [6, 6.07) is 0. The predicted octanol–water partition coefficient (Wildman–Crippen LogP) is 1.53. The van der Waals surface area contributed by atoms with Gasteiger partial charge in [0.2, 0.25) is 0 Å². The number of allylic oxidation sites excluding steroid dienone is 1. The highest BCUT2D eigenvalue weighted by Gasteiger charge is 2.02. The zero-order valence-corrected chi connectivity index (χ0v) is 7.87. The molecular formula is C9H16O3. The van der Waals surface area contributed by atoms with Gasteiger partial charge in [-0.15, -0.1) is 0 Å². The summed E-state index contributed by atoms with van der Waals surface area (Å²) in [5.74, 6) is -0.267. The van der Waals surface area contributed by atoms with E-state index in [2.05, 4.69) is 0 Å². The lowest BCUT2D eigenvalue weighted by molar-refractivity contribution is -0.144. The molecule has 0 saturated heterocycles. The van der Waals surface area contributed by atoms with Gasteiger partial charge in [-0.3, -0.25) is 4.79 Å². The molecule has 0 aliphatic rings. The van der Waals surface area contributed by atoms with E-state index in [0.717, 1.165) is 0 Å². The fourth-order valence-electron chi connectivity index (χ4n) is 0.599. The van der Waals surface area contributed by atoms with Crippen LogP contribution in [0, 0.1) is 0 Å². The highest BCUT2D eigenvalue weighted by Crippen LogP contribution is 1.92. The minimum atomic E-state index is -0.267. The fraction of sp³-hybridized carbons (Fsp3) is 0.667. The average molecular weight is 172 g/mol. The summed E-state index contributed by atoms with van der Waals surface area (Å²) >= 11 is 0. The maximum atomic E-state index is 10.4. The van der Waals surface area contributed by atoms with Gasteiger partial charge < -0.3 is 9.47 Å². The van der Waals surface area contributed by atoms with Crippen molar-refractivity contribution in [1.29, 1.82) is 0 Å². The van der Waals surface area contributed by atoms with Crippen molar-refractivity contribution in [3.05, 3.63) is 12.2 Å². The van der Waals surface area contributed by atoms with Gasteiger partial charge in [0.15, 0.2) is 0 Å². The Labute approximate surface area is 73.4 Å². The molecule has 0 aromatic heterocycles. The first-order valence-electron chi connectivity index (χ1n) is 4.03. The van der Waals surface area contributed by atoms with Crippen molar-refractivity contribution >= 4 is 5.97 Å². The van der Waals surface area contributed by atoms with Crippen molar-refractivity contribution in [3.8, 4) is 0 Å². The van der Waals surface area contributed by atoms with E-state index in [-0.39, 0.29) is 12.1 Å². The summed E-state index contributed by atoms with van der Waals surface area (Å²) < 4.78 is 10.0. The standard InChI is InChI=1S/C9H16O3/c1-4-5-6-11-8(2)7-12-9(3)10/h4-5,8H,6-7H2,1-3H3/b5-4-. The van der Waals surface area contributed by atoms with Crippen molar-refractivity contribution < 1.29 is 14.3 Å². The number of rotatable bonds is 5. The maximum absolute atomic E-state index is 10.4. The van der Waals surface area contributed by atoms with Gasteiger partial charge in [0.1, 0.15) is 6.61 Å². The molecule has 3 heteroatoms. The SMILES string of the molecule is C/C=C\COC(C)COC(C)=O. The largest absolute Gasteiger partial charge is 0.463 e. The molecule has 70 valence electrons. The normalized spacial score (nSPS) is 13.2. The molecule has 0 aromatic carbocycles. The van der Waals surface area contributed by atoms with E-state index in [1.165, 1.54) is 6.92 Å². The van der Waals surface area contributed by atoms with Gasteiger partial charge in [-0.1, -0.05) is 12.2 Å². The Morgan fingerprint density at radius 2 is 2.25 bits per heavy atom. The molecule has 0 radical (unpaired) electrons. The molecule has 0 spiro atoms. The number of hydrogen-bond acceptors (Lipinski definition) is 3. The molecule has 0 amide bonds. The molecule has 0 fully saturated rings. The van der Waals surface area contributed by atoms with E-state index in [9.17, 15) is 4.79 Å². The second-order valence-electron chi connectivity index (χ2n) is 2.52. The molecule has 0 rings (SSSR count). The van der Waals surface area contributed by atoms with Crippen LogP contribution in [-0.4, -0.2) is 25.3 Å². The lowest BCUT2D eigenvalue weighted by Crippen LogP contribution is -2.17. The molecule has 0 aliphatic heterocycles. The Bertz CT molecular complexity index is 152. The summed E-state index contributed by atoms with van der Waals surface area (Å²) in [5.41, 5.74) is 0. The van der Waals surface area contributed by atoms with Crippen molar-refractivity contribution in [2.45, 2.75) is 26.9 Å². The van der Waals surface area contributed by atoms with Crippen molar-refractivity contribution in [2.75, 3.05) is 13.2 Å². The second kappa shape index (κ2) is 6.85. The Kier molecular flexibility index (Phi) is 6.38. The highest BCUT2D eigenvalue weighted by molar-refractivity contribution is 5.65. The minimum absolute atomic E-state index is 0.0369. The lowest BCUT2D eigenvalue weighted by Gasteiger charge is -2.10. The van der Waals surface area contributed by atoms with E-state index < -0.39 is 0 Å². The summed E-state index contributed by atoms with van der Waals surface area (Å²) in [5, 5.41) is 0. The Hall–Kier alpha value is -0.830. The first-order valence-corrected chi connectivity index (χ1v) is 4.03. The quantitative estimate of drug-likeness (QED) is 0.466. The molecule has 0 N–H and O–H groups in total. The van der Waals surface area contributed by atoms with Crippen molar-refractivity contribution in [3.63, 3.8) is 0 Å². The van der Waals surface area contributed by atoms with Crippen molar-refractivity contribution in [1.82, 2.24) is 0 Å². The molecule has 0 heterocycles. The topological polar surface area (TPSA) is 35.5 Å². The van der Waals surface area contributed by atoms with Crippen LogP contribution in [0.15, 0.2) is 12.2 Å². The summed E-state index contributed by atoms with van der Waals surface area (Å²) in [7, 11) is 0. The number of hydrogen-bond donors (Lipinski definition) is 0. The fourth-order valence-corrected chi connectivity index (χ4v) is 0.599. The summed E-state index contributed by atoms with van der Waals surface area (Å²) in [6.07, 6.45) is 3.79. The van der Waals surface area contributed by atoms with Crippen LogP contribution in [0.25, 0.3) is 0 Å². The van der Waals surface area contributed by atoms with Crippen LogP contribution in [-0.2, 0) is 14.3 Å². The molecule has 0 aliphatic carbocycles. The van der Waals surface area contributed by atoms with Gasteiger partial charge in [-0.25, -0.2) is 0 Å². The van der Waals surface area contributed by atoms with Gasteiger partial charge in [0.05, 0.1) is 12.7 Å². The average Bonchev–Trinajstić information content (AvgIpc) is 2.01. The third-order valence-electron chi connectivity index (χ3n) is 1.23. The molecule has 0 bridgehead atoms. The van der Waals surface area contributed by atoms with Crippen LogP contribution < -0.4 is 0 Å². The van der Waals surface area contributed by atoms with Gasteiger partial charge in [0, 0.05) is 6.92 Å². The minimum Gasteiger partial charge on any atom is -0.463 e. The van der Waals surface area contributed by atoms with Crippen LogP contribution in [0.5, 0.6) is 0 Å². The molecule has 1 atom stereocenters. The van der Waals surface area contributed by atoms with E-state index in [4.69, 9.17) is 9.47 Å². The molecular weight excluding hydrogens is 156 g/mol. The van der Waals surface area contributed by atoms with Crippen LogP contribution in [0.3, 0.4) is 0 Å². The molecule has 12 heavy (non-hydrogen) atoms. The summed E-state index contributed by atoms with van der Waals surface area (Å²) in [6.45, 7) is 6.08. The van der Waals surface area contributed by atoms with E-state index in [0.29, 0.717) is 13.2 Å². The first kappa shape index (κ1) is 11.2. The van der Waals surface area contributed by atoms with Crippen molar-refractivity contribution in [2.24, 2.45) is 0 Å². The first-order chi connectivity index (χ1) is 5.66. The molecule has 0 saturated carbocycles. The summed E-state index contributed by atoms with van der Waals surface area (Å²) in [4.78, 5) is 10.4. The van der Waals surface area contributed by atoms with Crippen LogP contribution in [0.4, 0.5) is 0 Å². The van der Waals surface area contributed by atoms with Gasteiger partial charge in [-0.05, 0) is 13.8 Å². The number of carbonyl (C=O) groups excluding carboxylic acids is 1. The third kappa shape index (κ3) is 7.28. The maximum Gasteiger partial charge on any atom is 0.302 e. The Morgan fingerprint density at radius 1 is 1.58 bits per heavy atom. The van der Waals surface area contributed by atoms with Crippen LogP contribution in [0.1, 0.15) is 20.8 Å². The monoisotopic (exact) mass is 172 g/mol. The second-order valence-corrected chi connectivity index (χ2v) is 2.52. The Balaban J connectivity index is 3.33. The Morgan fingerprint density at radius 3 is 2.75 bits per heavy atom. The number of carbonyl (C=O) groups is 1. The smallest absolute Gasteiger partial charge is 0.302 e. The highest BCUT2D eigenvalue weighted by atomic mass is 16.6. The van der Waals surface area contributed by atoms with E-state index >= 15 is 0 Å². The predicted molar refractivity (Wildman–Crippen MR) is 46.9 cm³/mol. The van der Waals surface area contributed by atoms with Gasteiger partial charge in [-0.2, -0.15) is 0 Å². The molecule has 1 unspecified atom stereocenters. The van der Waals surface area contributed by atoms with Gasteiger partial charge in [0.25, 0.3) is 0 Å². The number of ether oxygens (including phenoxy) is 2. The number of esters is 1. The third-order valence-corrected chi connectivity index (χ3v) is 1.23. The van der Waals surface area contributed by atoms with Crippen LogP contribution >= 0.6 is 0 Å². The molecule has 0 aromatic rings. The van der Waals surface area contributed by atoms with Gasteiger partial charge >= 0.3 is 5.97 Å². The lowest BCUT2D eigenvalue weighted by atomic mass is 10.4. The van der Waals surface area contributed by atoms with Crippen LogP contribution in [0.2, 0.25) is 0 Å². The molecule has 3 nitrogen and oxygen atoms in total. The zero-order chi connectivity index (χ0) is 9.40.